The van der Waals surface area contributed by atoms with Crippen molar-refractivity contribution in [3.05, 3.63) is 39.4 Å². The topological polar surface area (TPSA) is 58.7 Å². The van der Waals surface area contributed by atoms with E-state index in [1.165, 1.54) is 4.57 Å². The lowest BCUT2D eigenvalue weighted by Crippen LogP contribution is -2.22. The van der Waals surface area contributed by atoms with E-state index in [9.17, 15) is 4.79 Å². The zero-order valence-corrected chi connectivity index (χ0v) is 9.32. The minimum absolute atomic E-state index is 0.115. The number of hydrogen-bond donors (Lipinski definition) is 0. The van der Waals surface area contributed by atoms with E-state index < -0.39 is 0 Å². The van der Waals surface area contributed by atoms with Gasteiger partial charge in [0.1, 0.15) is 5.82 Å². The Bertz CT molecular complexity index is 655. The first-order valence-corrected chi connectivity index (χ1v) is 5.03. The van der Waals surface area contributed by atoms with Crippen LogP contribution in [0.4, 0.5) is 0 Å². The molecule has 0 saturated carbocycles. The smallest absolute Gasteiger partial charge is 0.261 e. The number of halogens is 1. The van der Waals surface area contributed by atoms with Crippen molar-refractivity contribution in [2.24, 2.45) is 7.05 Å². The highest BCUT2D eigenvalue weighted by atomic mass is 35.5. The lowest BCUT2D eigenvalue weighted by atomic mass is 10.2. The van der Waals surface area contributed by atoms with Crippen molar-refractivity contribution in [1.82, 2.24) is 9.55 Å². The Kier molecular flexibility index (Phi) is 2.63. The Labute approximate surface area is 96.7 Å². The van der Waals surface area contributed by atoms with Gasteiger partial charge >= 0.3 is 0 Å². The van der Waals surface area contributed by atoms with Gasteiger partial charge in [-0.25, -0.2) is 4.98 Å². The number of rotatable bonds is 1. The summed E-state index contributed by atoms with van der Waals surface area (Å²) in [5, 5.41) is 9.59. The van der Waals surface area contributed by atoms with Gasteiger partial charge in [-0.05, 0) is 18.2 Å². The normalized spacial score (nSPS) is 10.3. The second-order valence-electron chi connectivity index (χ2n) is 3.39. The van der Waals surface area contributed by atoms with Gasteiger partial charge < -0.3 is 0 Å². The first kappa shape index (κ1) is 10.7. The van der Waals surface area contributed by atoms with Crippen LogP contribution in [0.15, 0.2) is 23.0 Å². The zero-order chi connectivity index (χ0) is 11.7. The van der Waals surface area contributed by atoms with Crippen LogP contribution in [0.25, 0.3) is 10.9 Å². The minimum atomic E-state index is -0.183. The lowest BCUT2D eigenvalue weighted by Gasteiger charge is -2.06. The molecule has 1 aromatic carbocycles. The van der Waals surface area contributed by atoms with Gasteiger partial charge in [-0.15, -0.1) is 0 Å². The summed E-state index contributed by atoms with van der Waals surface area (Å²) in [5.74, 6) is 0.460. The summed E-state index contributed by atoms with van der Waals surface area (Å²) >= 11 is 5.82. The maximum absolute atomic E-state index is 11.9. The van der Waals surface area contributed by atoms with E-state index >= 15 is 0 Å². The molecule has 0 fully saturated rings. The molecule has 0 unspecified atom stereocenters. The molecule has 5 heteroatoms. The maximum atomic E-state index is 11.9. The van der Waals surface area contributed by atoms with Gasteiger partial charge in [0, 0.05) is 12.1 Å². The Morgan fingerprint density at radius 2 is 2.31 bits per heavy atom. The van der Waals surface area contributed by atoms with E-state index in [-0.39, 0.29) is 12.0 Å². The van der Waals surface area contributed by atoms with Gasteiger partial charge in [-0.2, -0.15) is 5.26 Å². The average Bonchev–Trinajstić information content (AvgIpc) is 2.27. The standard InChI is InChI=1S/C11H8ClN3O/c1-15-10(4-5-13)14-9-3-2-7(12)6-8(9)11(15)16/h2-3,6H,4H2,1H3. The number of nitriles is 1. The summed E-state index contributed by atoms with van der Waals surface area (Å²) in [6.45, 7) is 0. The molecule has 1 aromatic heterocycles. The number of aromatic nitrogens is 2. The molecular weight excluding hydrogens is 226 g/mol. The molecule has 0 saturated heterocycles. The van der Waals surface area contributed by atoms with Gasteiger partial charge in [-0.3, -0.25) is 9.36 Å². The van der Waals surface area contributed by atoms with E-state index in [0.29, 0.717) is 21.7 Å². The van der Waals surface area contributed by atoms with Gasteiger partial charge in [0.05, 0.1) is 23.4 Å². The molecule has 0 aliphatic rings. The Morgan fingerprint density at radius 1 is 1.56 bits per heavy atom. The molecule has 0 amide bonds. The van der Waals surface area contributed by atoms with Gasteiger partial charge in [-0.1, -0.05) is 11.6 Å². The van der Waals surface area contributed by atoms with Crippen molar-refractivity contribution >= 4 is 22.5 Å². The van der Waals surface area contributed by atoms with Crippen LogP contribution in [0.2, 0.25) is 5.02 Å². The lowest BCUT2D eigenvalue weighted by molar-refractivity contribution is 0.772. The summed E-state index contributed by atoms with van der Waals surface area (Å²) in [4.78, 5) is 16.2. The molecule has 16 heavy (non-hydrogen) atoms. The molecule has 0 radical (unpaired) electrons. The molecule has 0 aliphatic carbocycles. The number of hydrogen-bond acceptors (Lipinski definition) is 3. The van der Waals surface area contributed by atoms with Crippen LogP contribution in [0.5, 0.6) is 0 Å². The molecule has 0 bridgehead atoms. The SMILES string of the molecule is Cn1c(CC#N)nc2ccc(Cl)cc2c1=O. The van der Waals surface area contributed by atoms with Crippen LogP contribution in [0, 0.1) is 11.3 Å². The van der Waals surface area contributed by atoms with Crippen LogP contribution in [0.1, 0.15) is 5.82 Å². The fourth-order valence-electron chi connectivity index (χ4n) is 1.52. The molecule has 2 aromatic rings. The third kappa shape index (κ3) is 1.66. The number of fused-ring (bicyclic) bond motifs is 1. The molecule has 1 heterocycles. The quantitative estimate of drug-likeness (QED) is 0.753. The van der Waals surface area contributed by atoms with Crippen molar-refractivity contribution in [2.75, 3.05) is 0 Å². The zero-order valence-electron chi connectivity index (χ0n) is 8.57. The van der Waals surface area contributed by atoms with E-state index in [2.05, 4.69) is 4.98 Å². The molecule has 0 atom stereocenters. The summed E-state index contributed by atoms with van der Waals surface area (Å²) < 4.78 is 1.38. The Balaban J connectivity index is 2.84. The van der Waals surface area contributed by atoms with Crippen LogP contribution in [0.3, 0.4) is 0 Å². The summed E-state index contributed by atoms with van der Waals surface area (Å²) in [6.07, 6.45) is 0.115. The minimum Gasteiger partial charge on any atom is -0.298 e. The first-order valence-electron chi connectivity index (χ1n) is 4.65. The summed E-state index contributed by atoms with van der Waals surface area (Å²) in [5.41, 5.74) is 0.385. The highest BCUT2D eigenvalue weighted by Gasteiger charge is 2.07. The molecule has 0 spiro atoms. The van der Waals surface area contributed by atoms with Crippen molar-refractivity contribution in [3.8, 4) is 6.07 Å². The average molecular weight is 234 g/mol. The third-order valence-electron chi connectivity index (χ3n) is 2.37. The van der Waals surface area contributed by atoms with Crippen LogP contribution < -0.4 is 5.56 Å². The van der Waals surface area contributed by atoms with Gasteiger partial charge in [0.15, 0.2) is 0 Å². The number of benzene rings is 1. The highest BCUT2D eigenvalue weighted by Crippen LogP contribution is 2.14. The molecule has 2 rings (SSSR count). The first-order chi connectivity index (χ1) is 7.63. The van der Waals surface area contributed by atoms with Gasteiger partial charge in [0.2, 0.25) is 0 Å². The molecular formula is C11H8ClN3O. The molecule has 80 valence electrons. The predicted octanol–water partition coefficient (Wildman–Crippen LogP) is 1.65. The summed E-state index contributed by atoms with van der Waals surface area (Å²) in [7, 11) is 1.60. The van der Waals surface area contributed by atoms with E-state index in [0.717, 1.165) is 0 Å². The number of nitrogens with zero attached hydrogens (tertiary/aromatic N) is 3. The van der Waals surface area contributed by atoms with Crippen molar-refractivity contribution in [2.45, 2.75) is 6.42 Å². The van der Waals surface area contributed by atoms with Crippen molar-refractivity contribution < 1.29 is 0 Å². The largest absolute Gasteiger partial charge is 0.298 e. The maximum Gasteiger partial charge on any atom is 0.261 e. The highest BCUT2D eigenvalue weighted by molar-refractivity contribution is 6.31. The van der Waals surface area contributed by atoms with Crippen LogP contribution in [-0.4, -0.2) is 9.55 Å². The predicted molar refractivity (Wildman–Crippen MR) is 61.3 cm³/mol. The van der Waals surface area contributed by atoms with Crippen molar-refractivity contribution in [1.29, 1.82) is 5.26 Å². The summed E-state index contributed by atoms with van der Waals surface area (Å²) in [6, 6.07) is 6.92. The van der Waals surface area contributed by atoms with E-state index in [1.807, 2.05) is 6.07 Å². The second kappa shape index (κ2) is 3.95. The third-order valence-corrected chi connectivity index (χ3v) is 2.60. The van der Waals surface area contributed by atoms with Crippen LogP contribution in [-0.2, 0) is 13.5 Å². The van der Waals surface area contributed by atoms with Crippen LogP contribution >= 0.6 is 11.6 Å². The molecule has 4 nitrogen and oxygen atoms in total. The van der Waals surface area contributed by atoms with E-state index in [4.69, 9.17) is 16.9 Å². The molecule has 0 N–H and O–H groups in total. The fraction of sp³-hybridized carbons (Fsp3) is 0.182. The monoisotopic (exact) mass is 233 g/mol. The second-order valence-corrected chi connectivity index (χ2v) is 3.82. The molecule has 0 aliphatic heterocycles. The fourth-order valence-corrected chi connectivity index (χ4v) is 1.69. The van der Waals surface area contributed by atoms with E-state index in [1.54, 1.807) is 25.2 Å². The van der Waals surface area contributed by atoms with Gasteiger partial charge in [0.25, 0.3) is 5.56 Å². The van der Waals surface area contributed by atoms with Crippen molar-refractivity contribution in [3.63, 3.8) is 0 Å². The Morgan fingerprint density at radius 3 is 3.00 bits per heavy atom. The Hall–Kier alpha value is -1.86.